The molecule has 4 rings (SSSR count). The number of ether oxygens (including phenoxy) is 1. The molecule has 0 radical (unpaired) electrons. The van der Waals surface area contributed by atoms with Crippen LogP contribution in [0.2, 0.25) is 0 Å². The SMILES string of the molecule is COc1ccc([C@H]2CC(=O)N3C(=C2C#N)SC[C@]3(O)c2ccc(F)cc2)cc1. The van der Waals surface area contributed by atoms with Crippen LogP contribution >= 0.6 is 11.8 Å². The van der Waals surface area contributed by atoms with E-state index in [0.29, 0.717) is 21.9 Å². The van der Waals surface area contributed by atoms with Gasteiger partial charge in [0.15, 0.2) is 5.72 Å². The van der Waals surface area contributed by atoms with Gasteiger partial charge in [0.2, 0.25) is 5.91 Å². The first-order valence-electron chi connectivity index (χ1n) is 8.70. The number of rotatable bonds is 3. The highest BCUT2D eigenvalue weighted by molar-refractivity contribution is 8.03. The van der Waals surface area contributed by atoms with Gasteiger partial charge in [-0.15, -0.1) is 11.8 Å². The van der Waals surface area contributed by atoms with Crippen molar-refractivity contribution in [2.75, 3.05) is 12.9 Å². The molecule has 1 amide bonds. The Kier molecular flexibility index (Phi) is 4.61. The highest BCUT2D eigenvalue weighted by Gasteiger charge is 2.51. The first-order chi connectivity index (χ1) is 13.5. The van der Waals surface area contributed by atoms with Crippen LogP contribution < -0.4 is 4.74 Å². The summed E-state index contributed by atoms with van der Waals surface area (Å²) in [5.74, 6) is -0.194. The Hall–Kier alpha value is -2.82. The van der Waals surface area contributed by atoms with Gasteiger partial charge in [0.25, 0.3) is 0 Å². The Morgan fingerprint density at radius 3 is 2.54 bits per heavy atom. The predicted molar refractivity (Wildman–Crippen MR) is 103 cm³/mol. The molecule has 2 aromatic rings. The quantitative estimate of drug-likeness (QED) is 0.860. The van der Waals surface area contributed by atoms with Crippen LogP contribution in [-0.4, -0.2) is 28.8 Å². The lowest BCUT2D eigenvalue weighted by Gasteiger charge is -2.38. The van der Waals surface area contributed by atoms with Crippen LogP contribution in [0.3, 0.4) is 0 Å². The third-order valence-corrected chi connectivity index (χ3v) is 6.36. The van der Waals surface area contributed by atoms with Gasteiger partial charge in [-0.3, -0.25) is 9.69 Å². The number of aliphatic hydroxyl groups is 1. The van der Waals surface area contributed by atoms with Gasteiger partial charge in [-0.25, -0.2) is 4.39 Å². The average molecular weight is 396 g/mol. The number of amides is 1. The maximum absolute atomic E-state index is 13.3. The number of nitrogens with zero attached hydrogens (tertiary/aromatic N) is 2. The maximum atomic E-state index is 13.3. The van der Waals surface area contributed by atoms with E-state index in [1.807, 2.05) is 12.1 Å². The highest BCUT2D eigenvalue weighted by Crippen LogP contribution is 2.51. The normalized spacial score (nSPS) is 24.1. The number of thioether (sulfide) groups is 1. The molecular weight excluding hydrogens is 379 g/mol. The van der Waals surface area contributed by atoms with E-state index in [2.05, 4.69) is 6.07 Å². The van der Waals surface area contributed by atoms with Gasteiger partial charge in [-0.05, 0) is 29.8 Å². The molecule has 2 heterocycles. The van der Waals surface area contributed by atoms with Crippen LogP contribution in [0.4, 0.5) is 4.39 Å². The molecule has 0 aliphatic carbocycles. The summed E-state index contributed by atoms with van der Waals surface area (Å²) in [4.78, 5) is 14.3. The Bertz CT molecular complexity index is 998. The van der Waals surface area contributed by atoms with Crippen molar-refractivity contribution in [1.82, 2.24) is 4.90 Å². The zero-order valence-corrected chi connectivity index (χ0v) is 15.9. The molecule has 2 aliphatic rings. The molecule has 0 saturated carbocycles. The molecule has 28 heavy (non-hydrogen) atoms. The van der Waals surface area contributed by atoms with E-state index in [4.69, 9.17) is 4.74 Å². The van der Waals surface area contributed by atoms with Crippen molar-refractivity contribution in [3.05, 3.63) is 76.1 Å². The third kappa shape index (κ3) is 2.86. The van der Waals surface area contributed by atoms with Crippen LogP contribution in [0.5, 0.6) is 5.75 Å². The molecule has 7 heteroatoms. The number of hydrogen-bond donors (Lipinski definition) is 1. The van der Waals surface area contributed by atoms with Gasteiger partial charge in [0.05, 0.1) is 29.5 Å². The Labute approximate surface area is 166 Å². The molecule has 1 saturated heterocycles. The van der Waals surface area contributed by atoms with E-state index in [1.54, 1.807) is 19.2 Å². The second-order valence-corrected chi connectivity index (χ2v) is 7.67. The third-order valence-electron chi connectivity index (χ3n) is 5.14. The first kappa shape index (κ1) is 18.5. The fourth-order valence-electron chi connectivity index (χ4n) is 3.68. The molecule has 1 N–H and O–H groups in total. The van der Waals surface area contributed by atoms with Crippen molar-refractivity contribution in [1.29, 1.82) is 5.26 Å². The van der Waals surface area contributed by atoms with Crippen LogP contribution in [0, 0.1) is 17.1 Å². The van der Waals surface area contributed by atoms with E-state index >= 15 is 0 Å². The molecular formula is C21H17FN2O3S. The van der Waals surface area contributed by atoms with E-state index in [-0.39, 0.29) is 24.0 Å². The second-order valence-electron chi connectivity index (χ2n) is 6.70. The summed E-state index contributed by atoms with van der Waals surface area (Å²) in [7, 11) is 1.57. The predicted octanol–water partition coefficient (Wildman–Crippen LogP) is 3.48. The second kappa shape index (κ2) is 6.97. The largest absolute Gasteiger partial charge is 0.497 e. The monoisotopic (exact) mass is 396 g/mol. The summed E-state index contributed by atoms with van der Waals surface area (Å²) in [6.07, 6.45) is 0.0722. The van der Waals surface area contributed by atoms with Crippen molar-refractivity contribution in [2.45, 2.75) is 18.1 Å². The number of carbonyl (C=O) groups excluding carboxylic acids is 1. The zero-order chi connectivity index (χ0) is 19.9. The Morgan fingerprint density at radius 1 is 1.25 bits per heavy atom. The van der Waals surface area contributed by atoms with Crippen molar-refractivity contribution in [3.8, 4) is 11.8 Å². The number of methoxy groups -OCH3 is 1. The number of nitriles is 1. The maximum Gasteiger partial charge on any atom is 0.231 e. The highest BCUT2D eigenvalue weighted by atomic mass is 32.2. The molecule has 142 valence electrons. The lowest BCUT2D eigenvalue weighted by atomic mass is 9.85. The minimum absolute atomic E-state index is 0.0722. The standard InChI is InChI=1S/C21H17FN2O3S/c1-27-16-8-2-13(3-9-16)17-10-19(25)24-20(18(17)11-23)28-12-21(24,26)14-4-6-15(22)7-5-14/h2-9,17,26H,10,12H2,1H3/t17-,21+/m1/s1. The average Bonchev–Trinajstić information content (AvgIpc) is 3.07. The lowest BCUT2D eigenvalue weighted by molar-refractivity contribution is -0.149. The molecule has 0 bridgehead atoms. The van der Waals surface area contributed by atoms with Gasteiger partial charge in [0, 0.05) is 17.9 Å². The van der Waals surface area contributed by atoms with E-state index in [1.165, 1.54) is 40.9 Å². The smallest absolute Gasteiger partial charge is 0.231 e. The Balaban J connectivity index is 1.77. The summed E-state index contributed by atoms with van der Waals surface area (Å²) in [6.45, 7) is 0. The molecule has 0 aromatic heterocycles. The number of carbonyl (C=O) groups is 1. The fourth-order valence-corrected chi connectivity index (χ4v) is 5.04. The van der Waals surface area contributed by atoms with Gasteiger partial charge in [0.1, 0.15) is 11.6 Å². The molecule has 0 unspecified atom stereocenters. The molecule has 2 aliphatic heterocycles. The summed E-state index contributed by atoms with van der Waals surface area (Å²) < 4.78 is 18.5. The fraction of sp³-hybridized carbons (Fsp3) is 0.238. The van der Waals surface area contributed by atoms with Crippen molar-refractivity contribution in [3.63, 3.8) is 0 Å². The minimum Gasteiger partial charge on any atom is -0.497 e. The zero-order valence-electron chi connectivity index (χ0n) is 15.1. The van der Waals surface area contributed by atoms with Gasteiger partial charge in [-0.1, -0.05) is 24.3 Å². The molecule has 1 fully saturated rings. The van der Waals surface area contributed by atoms with Crippen molar-refractivity contribution >= 4 is 17.7 Å². The first-order valence-corrected chi connectivity index (χ1v) is 9.69. The number of fused-ring (bicyclic) bond motifs is 1. The Morgan fingerprint density at radius 2 is 1.93 bits per heavy atom. The lowest BCUT2D eigenvalue weighted by Crippen LogP contribution is -2.48. The molecule has 2 aromatic carbocycles. The topological polar surface area (TPSA) is 73.6 Å². The van der Waals surface area contributed by atoms with E-state index in [9.17, 15) is 19.6 Å². The number of hydrogen-bond acceptors (Lipinski definition) is 5. The van der Waals surface area contributed by atoms with Crippen molar-refractivity contribution in [2.24, 2.45) is 0 Å². The summed E-state index contributed by atoms with van der Waals surface area (Å²) in [5.41, 5.74) is 0.117. The van der Waals surface area contributed by atoms with Gasteiger partial charge in [-0.2, -0.15) is 5.26 Å². The number of halogens is 1. The summed E-state index contributed by atoms with van der Waals surface area (Å²) in [5, 5.41) is 21.5. The molecule has 2 atom stereocenters. The van der Waals surface area contributed by atoms with Crippen LogP contribution in [-0.2, 0) is 10.5 Å². The van der Waals surface area contributed by atoms with Crippen molar-refractivity contribution < 1.29 is 19.0 Å². The van der Waals surface area contributed by atoms with Crippen LogP contribution in [0.1, 0.15) is 23.5 Å². The molecule has 0 spiro atoms. The van der Waals surface area contributed by atoms with Crippen LogP contribution in [0.25, 0.3) is 0 Å². The summed E-state index contributed by atoms with van der Waals surface area (Å²) in [6, 6.07) is 14.9. The van der Waals surface area contributed by atoms with Gasteiger partial charge < -0.3 is 9.84 Å². The van der Waals surface area contributed by atoms with E-state index in [0.717, 1.165) is 5.56 Å². The number of allylic oxidation sites excluding steroid dienone is 1. The molecule has 5 nitrogen and oxygen atoms in total. The van der Waals surface area contributed by atoms with Gasteiger partial charge >= 0.3 is 0 Å². The number of benzene rings is 2. The summed E-state index contributed by atoms with van der Waals surface area (Å²) >= 11 is 1.27. The van der Waals surface area contributed by atoms with Crippen LogP contribution in [0.15, 0.2) is 59.1 Å². The minimum atomic E-state index is -1.60. The van der Waals surface area contributed by atoms with E-state index < -0.39 is 11.5 Å².